The van der Waals surface area contributed by atoms with Crippen LogP contribution in [-0.4, -0.2) is 9.97 Å². The topological polar surface area (TPSA) is 45.8 Å². The highest BCUT2D eigenvalue weighted by atomic mass is 35.5. The quantitative estimate of drug-likeness (QED) is 0.690. The average Bonchev–Trinajstić information content (AvgIpc) is 2.06. The molecule has 13 heavy (non-hydrogen) atoms. The molecule has 0 aliphatic carbocycles. The second-order valence-corrected chi connectivity index (χ2v) is 3.05. The summed E-state index contributed by atoms with van der Waals surface area (Å²) in [6.07, 6.45) is 0. The third-order valence-corrected chi connectivity index (χ3v) is 1.95. The summed E-state index contributed by atoms with van der Waals surface area (Å²) in [5, 5.41) is 1.22. The molecule has 2 aromatic rings. The first-order valence-corrected chi connectivity index (χ1v) is 3.99. The number of hydrogen-bond donors (Lipinski definition) is 1. The molecule has 0 amide bonds. The van der Waals surface area contributed by atoms with Gasteiger partial charge in [0.05, 0.1) is 5.52 Å². The van der Waals surface area contributed by atoms with Crippen molar-refractivity contribution in [2.24, 2.45) is 0 Å². The van der Waals surface area contributed by atoms with Crippen molar-refractivity contribution in [3.05, 3.63) is 46.3 Å². The van der Waals surface area contributed by atoms with E-state index in [2.05, 4.69) is 9.97 Å². The Morgan fingerprint density at radius 1 is 1.46 bits per heavy atom. The monoisotopic (exact) mass is 192 g/mol. The van der Waals surface area contributed by atoms with Gasteiger partial charge < -0.3 is 4.98 Å². The molecule has 0 aliphatic heterocycles. The molecule has 0 spiro atoms. The Kier molecular flexibility index (Phi) is 1.81. The SMILES string of the molecule is [CH]c1[nH]c(=O)nc2ccc(Cl)cc12. The standard InChI is InChI=1S/C9H5ClN2O/c1-5-7-4-6(10)2-3-8(7)12-9(13)11-5/h1-4H,(H,11,12,13). The number of aromatic nitrogens is 2. The number of hydrogen-bond acceptors (Lipinski definition) is 2. The van der Waals surface area contributed by atoms with Gasteiger partial charge in [0, 0.05) is 23.0 Å². The smallest absolute Gasteiger partial charge is 0.309 e. The summed E-state index contributed by atoms with van der Waals surface area (Å²) >= 11 is 5.76. The number of fused-ring (bicyclic) bond motifs is 1. The van der Waals surface area contributed by atoms with Crippen molar-refractivity contribution in [1.29, 1.82) is 0 Å². The molecule has 1 heterocycles. The molecule has 0 saturated carbocycles. The van der Waals surface area contributed by atoms with Gasteiger partial charge in [0.1, 0.15) is 0 Å². The fourth-order valence-corrected chi connectivity index (χ4v) is 1.31. The molecule has 4 heteroatoms. The van der Waals surface area contributed by atoms with E-state index in [9.17, 15) is 4.79 Å². The predicted molar refractivity (Wildman–Crippen MR) is 50.8 cm³/mol. The lowest BCUT2D eigenvalue weighted by Gasteiger charge is -1.99. The second kappa shape index (κ2) is 2.85. The van der Waals surface area contributed by atoms with Gasteiger partial charge in [-0.15, -0.1) is 0 Å². The number of rotatable bonds is 0. The minimum atomic E-state index is -0.452. The van der Waals surface area contributed by atoms with Crippen LogP contribution in [0.25, 0.3) is 10.9 Å². The normalized spacial score (nSPS) is 10.6. The zero-order valence-electron chi connectivity index (χ0n) is 6.54. The lowest BCUT2D eigenvalue weighted by molar-refractivity contribution is 1.10. The van der Waals surface area contributed by atoms with Gasteiger partial charge >= 0.3 is 5.69 Å². The largest absolute Gasteiger partial charge is 0.345 e. The van der Waals surface area contributed by atoms with Crippen LogP contribution in [0.15, 0.2) is 23.0 Å². The molecule has 0 bridgehead atoms. The molecule has 3 nitrogen and oxygen atoms in total. The Bertz CT molecular complexity index is 518. The molecule has 1 aromatic heterocycles. The Morgan fingerprint density at radius 2 is 2.23 bits per heavy atom. The Balaban J connectivity index is 2.95. The van der Waals surface area contributed by atoms with Crippen LogP contribution >= 0.6 is 11.6 Å². The highest BCUT2D eigenvalue weighted by Gasteiger charge is 2.00. The summed E-state index contributed by atoms with van der Waals surface area (Å²) in [7, 11) is 0. The van der Waals surface area contributed by atoms with E-state index in [0.717, 1.165) is 0 Å². The third kappa shape index (κ3) is 1.42. The Labute approximate surface area is 79.4 Å². The summed E-state index contributed by atoms with van der Waals surface area (Å²) < 4.78 is 0. The molecular formula is C9H5ClN2O. The van der Waals surface area contributed by atoms with E-state index >= 15 is 0 Å². The molecule has 0 saturated heterocycles. The van der Waals surface area contributed by atoms with Crippen molar-refractivity contribution in [3.8, 4) is 0 Å². The zero-order chi connectivity index (χ0) is 9.42. The molecular weight excluding hydrogens is 188 g/mol. The van der Waals surface area contributed by atoms with Gasteiger partial charge in [-0.1, -0.05) is 11.6 Å². The summed E-state index contributed by atoms with van der Waals surface area (Å²) in [5.74, 6) is 0. The molecule has 0 aliphatic rings. The minimum Gasteiger partial charge on any atom is -0.309 e. The maximum absolute atomic E-state index is 10.9. The van der Waals surface area contributed by atoms with E-state index < -0.39 is 5.69 Å². The zero-order valence-corrected chi connectivity index (χ0v) is 7.30. The summed E-state index contributed by atoms with van der Waals surface area (Å²) in [6, 6.07) is 4.98. The number of halogens is 1. The van der Waals surface area contributed by atoms with Gasteiger partial charge in [0.25, 0.3) is 0 Å². The molecule has 2 radical (unpaired) electrons. The molecule has 1 N–H and O–H groups in total. The molecule has 0 atom stereocenters. The van der Waals surface area contributed by atoms with Crippen LogP contribution in [0.4, 0.5) is 0 Å². The van der Waals surface area contributed by atoms with E-state index in [-0.39, 0.29) is 5.69 Å². The second-order valence-electron chi connectivity index (χ2n) is 2.62. The van der Waals surface area contributed by atoms with Crippen LogP contribution in [0.3, 0.4) is 0 Å². The fraction of sp³-hybridized carbons (Fsp3) is 0. The van der Waals surface area contributed by atoms with E-state index in [4.69, 9.17) is 18.5 Å². The van der Waals surface area contributed by atoms with Crippen molar-refractivity contribution < 1.29 is 0 Å². The number of aromatic amines is 1. The Hall–Kier alpha value is -1.35. The lowest BCUT2D eigenvalue weighted by atomic mass is 10.2. The lowest BCUT2D eigenvalue weighted by Crippen LogP contribution is -2.11. The van der Waals surface area contributed by atoms with Crippen LogP contribution in [0, 0.1) is 6.92 Å². The first kappa shape index (κ1) is 8.26. The number of nitrogens with one attached hydrogen (secondary N) is 1. The number of H-pyrrole nitrogens is 1. The van der Waals surface area contributed by atoms with Gasteiger partial charge in [0.2, 0.25) is 0 Å². The molecule has 64 valence electrons. The highest BCUT2D eigenvalue weighted by Crippen LogP contribution is 2.17. The molecule has 0 unspecified atom stereocenters. The van der Waals surface area contributed by atoms with Crippen LogP contribution in [-0.2, 0) is 0 Å². The van der Waals surface area contributed by atoms with E-state index in [0.29, 0.717) is 15.9 Å². The molecule has 2 rings (SSSR count). The van der Waals surface area contributed by atoms with Gasteiger partial charge in [0.15, 0.2) is 0 Å². The average molecular weight is 193 g/mol. The predicted octanol–water partition coefficient (Wildman–Crippen LogP) is 1.64. The van der Waals surface area contributed by atoms with Crippen molar-refractivity contribution >= 4 is 22.5 Å². The van der Waals surface area contributed by atoms with E-state index in [1.165, 1.54) is 0 Å². The van der Waals surface area contributed by atoms with Crippen LogP contribution in [0.2, 0.25) is 5.02 Å². The number of nitrogens with zero attached hydrogens (tertiary/aromatic N) is 1. The van der Waals surface area contributed by atoms with Crippen LogP contribution < -0.4 is 5.69 Å². The molecule has 0 fully saturated rings. The first-order chi connectivity index (χ1) is 6.16. The van der Waals surface area contributed by atoms with Gasteiger partial charge in [-0.3, -0.25) is 0 Å². The van der Waals surface area contributed by atoms with Gasteiger partial charge in [-0.2, -0.15) is 4.98 Å². The van der Waals surface area contributed by atoms with Crippen LogP contribution in [0.1, 0.15) is 5.69 Å². The highest BCUT2D eigenvalue weighted by molar-refractivity contribution is 6.31. The summed E-state index contributed by atoms with van der Waals surface area (Å²) in [6.45, 7) is 5.57. The maximum atomic E-state index is 10.9. The third-order valence-electron chi connectivity index (χ3n) is 1.71. The van der Waals surface area contributed by atoms with Crippen LogP contribution in [0.5, 0.6) is 0 Å². The van der Waals surface area contributed by atoms with Gasteiger partial charge in [-0.05, 0) is 18.2 Å². The van der Waals surface area contributed by atoms with Crippen molar-refractivity contribution in [1.82, 2.24) is 9.97 Å². The Morgan fingerprint density at radius 3 is 3.00 bits per heavy atom. The summed E-state index contributed by atoms with van der Waals surface area (Å²) in [4.78, 5) is 17.0. The first-order valence-electron chi connectivity index (χ1n) is 3.62. The van der Waals surface area contributed by atoms with Crippen molar-refractivity contribution in [3.63, 3.8) is 0 Å². The van der Waals surface area contributed by atoms with Crippen molar-refractivity contribution in [2.75, 3.05) is 0 Å². The summed E-state index contributed by atoms with van der Waals surface area (Å²) in [5.41, 5.74) is 0.385. The van der Waals surface area contributed by atoms with E-state index in [1.54, 1.807) is 18.2 Å². The maximum Gasteiger partial charge on any atom is 0.345 e. The van der Waals surface area contributed by atoms with E-state index in [1.807, 2.05) is 0 Å². The minimum absolute atomic E-state index is 0.289. The van der Waals surface area contributed by atoms with Crippen molar-refractivity contribution in [2.45, 2.75) is 0 Å². The number of benzene rings is 1. The fourth-order valence-electron chi connectivity index (χ4n) is 1.14. The molecule has 1 aromatic carbocycles. The van der Waals surface area contributed by atoms with Gasteiger partial charge in [-0.25, -0.2) is 4.79 Å².